The van der Waals surface area contributed by atoms with Crippen molar-refractivity contribution in [3.05, 3.63) is 28.8 Å². The summed E-state index contributed by atoms with van der Waals surface area (Å²) >= 11 is 9.97. The molecule has 2 unspecified atom stereocenters. The van der Waals surface area contributed by atoms with E-state index in [2.05, 4.69) is 21.2 Å². The number of amides is 1. The fourth-order valence-electron chi connectivity index (χ4n) is 5.60. The Morgan fingerprint density at radius 1 is 1.27 bits per heavy atom. The van der Waals surface area contributed by atoms with Crippen molar-refractivity contribution >= 4 is 45.1 Å². The average Bonchev–Trinajstić information content (AvgIpc) is 2.54. The van der Waals surface area contributed by atoms with Crippen LogP contribution < -0.4 is 5.32 Å². The summed E-state index contributed by atoms with van der Waals surface area (Å²) in [6, 6.07) is 5.34. The van der Waals surface area contributed by atoms with Gasteiger partial charge in [-0.1, -0.05) is 33.6 Å². The number of ether oxygens (including phenoxy) is 1. The van der Waals surface area contributed by atoms with Crippen molar-refractivity contribution in [1.82, 2.24) is 0 Å². The molecule has 4 saturated carbocycles. The third kappa shape index (κ3) is 3.29. The Morgan fingerprint density at radius 2 is 1.96 bits per heavy atom. The van der Waals surface area contributed by atoms with E-state index in [1.54, 1.807) is 18.2 Å². The first kappa shape index (κ1) is 18.3. The Bertz CT molecular complexity index is 751. The fraction of sp³-hybridized carbons (Fsp3) is 0.600. The molecule has 0 aromatic heterocycles. The molecule has 140 valence electrons. The number of carbonyl (C=O) groups is 2. The van der Waals surface area contributed by atoms with Crippen LogP contribution in [0.15, 0.2) is 18.2 Å². The number of benzene rings is 1. The van der Waals surface area contributed by atoms with Gasteiger partial charge in [-0.15, -0.1) is 0 Å². The summed E-state index contributed by atoms with van der Waals surface area (Å²) in [6.45, 7) is 1.59. The highest BCUT2D eigenvalue weighted by atomic mass is 79.9. The van der Waals surface area contributed by atoms with Crippen LogP contribution in [0.3, 0.4) is 0 Å². The van der Waals surface area contributed by atoms with E-state index in [1.807, 2.05) is 6.92 Å². The van der Waals surface area contributed by atoms with E-state index in [4.69, 9.17) is 16.3 Å². The number of hydrogen-bond donors (Lipinski definition) is 1. The lowest BCUT2D eigenvalue weighted by molar-refractivity contribution is -0.170. The molecule has 26 heavy (non-hydrogen) atoms. The highest BCUT2D eigenvalue weighted by molar-refractivity contribution is 9.10. The smallest absolute Gasteiger partial charge is 0.312 e. The quantitative estimate of drug-likeness (QED) is 0.537. The molecule has 0 aliphatic heterocycles. The first-order chi connectivity index (χ1) is 12.3. The number of esters is 1. The van der Waals surface area contributed by atoms with Gasteiger partial charge >= 0.3 is 5.97 Å². The lowest BCUT2D eigenvalue weighted by Crippen LogP contribution is -2.56. The van der Waals surface area contributed by atoms with Gasteiger partial charge in [0.15, 0.2) is 6.61 Å². The van der Waals surface area contributed by atoms with Crippen molar-refractivity contribution in [2.45, 2.75) is 49.8 Å². The number of anilines is 1. The van der Waals surface area contributed by atoms with Crippen molar-refractivity contribution in [2.75, 3.05) is 11.9 Å². The molecule has 0 spiro atoms. The van der Waals surface area contributed by atoms with E-state index in [0.29, 0.717) is 22.5 Å². The van der Waals surface area contributed by atoms with Gasteiger partial charge in [0.05, 0.1) is 5.41 Å². The molecule has 0 saturated heterocycles. The number of halogens is 2. The van der Waals surface area contributed by atoms with E-state index in [-0.39, 0.29) is 22.8 Å². The van der Waals surface area contributed by atoms with Crippen LogP contribution in [-0.4, -0.2) is 22.8 Å². The molecule has 1 amide bonds. The molecule has 4 fully saturated rings. The van der Waals surface area contributed by atoms with Crippen molar-refractivity contribution < 1.29 is 14.3 Å². The van der Waals surface area contributed by atoms with Gasteiger partial charge in [0.1, 0.15) is 0 Å². The van der Waals surface area contributed by atoms with Crippen LogP contribution in [0.2, 0.25) is 5.02 Å². The Labute approximate surface area is 167 Å². The summed E-state index contributed by atoms with van der Waals surface area (Å²) < 4.78 is 5.56. The second kappa shape index (κ2) is 6.52. The van der Waals surface area contributed by atoms with Gasteiger partial charge in [-0.25, -0.2) is 0 Å². The third-order valence-corrected chi connectivity index (χ3v) is 7.64. The highest BCUT2D eigenvalue weighted by Crippen LogP contribution is 2.64. The second-order valence-corrected chi connectivity index (χ2v) is 10.5. The maximum absolute atomic E-state index is 12.9. The van der Waals surface area contributed by atoms with Crippen molar-refractivity contribution in [1.29, 1.82) is 0 Å². The van der Waals surface area contributed by atoms with Gasteiger partial charge in [-0.2, -0.15) is 0 Å². The summed E-state index contributed by atoms with van der Waals surface area (Å²) in [7, 11) is 0. The van der Waals surface area contributed by atoms with Gasteiger partial charge in [-0.05, 0) is 75.0 Å². The molecule has 0 radical (unpaired) electrons. The molecule has 4 aliphatic carbocycles. The number of alkyl halides is 1. The Hall–Kier alpha value is -1.07. The van der Waals surface area contributed by atoms with Crippen molar-refractivity contribution in [2.24, 2.45) is 17.3 Å². The maximum atomic E-state index is 12.9. The topological polar surface area (TPSA) is 55.4 Å². The summed E-state index contributed by atoms with van der Waals surface area (Å²) in [4.78, 5) is 25.1. The second-order valence-electron chi connectivity index (χ2n) is 8.43. The van der Waals surface area contributed by atoms with E-state index >= 15 is 0 Å². The molecular weight excluding hydrogens is 418 g/mol. The summed E-state index contributed by atoms with van der Waals surface area (Å²) in [5.41, 5.74) is 1.05. The molecule has 4 nitrogen and oxygen atoms in total. The van der Waals surface area contributed by atoms with Crippen LogP contribution in [0, 0.1) is 24.2 Å². The summed E-state index contributed by atoms with van der Waals surface area (Å²) in [5.74, 6) is 0.674. The lowest BCUT2D eigenvalue weighted by atomic mass is 9.49. The SMILES string of the molecule is Cc1c(Cl)cccc1NC(=O)COC(=O)C12CC3CC(CC(Br)(C3)C1)C2. The fourth-order valence-corrected chi connectivity index (χ4v) is 7.23. The van der Waals surface area contributed by atoms with Gasteiger partial charge in [0.25, 0.3) is 5.91 Å². The minimum atomic E-state index is -0.403. The van der Waals surface area contributed by atoms with E-state index in [0.717, 1.165) is 37.7 Å². The third-order valence-electron chi connectivity index (χ3n) is 6.30. The molecule has 0 heterocycles. The molecule has 1 aromatic rings. The predicted octanol–water partition coefficient (Wildman–Crippen LogP) is 4.86. The minimum Gasteiger partial charge on any atom is -0.455 e. The zero-order valence-corrected chi connectivity index (χ0v) is 17.2. The molecule has 4 aliphatic rings. The molecule has 4 bridgehead atoms. The maximum Gasteiger partial charge on any atom is 0.312 e. The molecule has 6 heteroatoms. The lowest BCUT2D eigenvalue weighted by Gasteiger charge is -2.58. The standard InChI is InChI=1S/C20H23BrClNO3/c1-12-15(22)3-2-4-16(12)23-17(24)10-26-18(25)19-6-13-5-14(7-19)9-20(21,8-13)11-19/h2-4,13-14H,5-11H2,1H3,(H,23,24). The van der Waals surface area contributed by atoms with Crippen LogP contribution in [-0.2, 0) is 14.3 Å². The van der Waals surface area contributed by atoms with Gasteiger partial charge in [0.2, 0.25) is 0 Å². The van der Waals surface area contributed by atoms with E-state index in [1.165, 1.54) is 6.42 Å². The first-order valence-corrected chi connectivity index (χ1v) is 10.4. The number of rotatable bonds is 4. The molecule has 1 N–H and O–H groups in total. The Kier molecular flexibility index (Phi) is 4.59. The average molecular weight is 441 g/mol. The van der Waals surface area contributed by atoms with Crippen LogP contribution in [0.1, 0.15) is 44.1 Å². The Morgan fingerprint density at radius 3 is 2.62 bits per heavy atom. The van der Waals surface area contributed by atoms with E-state index in [9.17, 15) is 9.59 Å². The van der Waals surface area contributed by atoms with Gasteiger partial charge < -0.3 is 10.1 Å². The summed E-state index contributed by atoms with van der Waals surface area (Å²) in [5, 5.41) is 3.37. The van der Waals surface area contributed by atoms with Crippen molar-refractivity contribution in [3.8, 4) is 0 Å². The molecule has 1 aromatic carbocycles. The largest absolute Gasteiger partial charge is 0.455 e. The summed E-state index contributed by atoms with van der Waals surface area (Å²) in [6.07, 6.45) is 6.20. The normalized spacial score (nSPS) is 34.6. The van der Waals surface area contributed by atoms with E-state index < -0.39 is 5.41 Å². The monoisotopic (exact) mass is 439 g/mol. The molecule has 2 atom stereocenters. The van der Waals surface area contributed by atoms with Crippen molar-refractivity contribution in [3.63, 3.8) is 0 Å². The highest BCUT2D eigenvalue weighted by Gasteiger charge is 2.60. The number of carbonyl (C=O) groups excluding carboxylic acids is 2. The van der Waals surface area contributed by atoms with Crippen LogP contribution in [0.5, 0.6) is 0 Å². The van der Waals surface area contributed by atoms with Gasteiger partial charge in [0, 0.05) is 15.0 Å². The van der Waals surface area contributed by atoms with Crippen LogP contribution in [0.25, 0.3) is 0 Å². The number of hydrogen-bond acceptors (Lipinski definition) is 3. The zero-order chi connectivity index (χ0) is 18.5. The zero-order valence-electron chi connectivity index (χ0n) is 14.8. The number of nitrogens with one attached hydrogen (secondary N) is 1. The molecular formula is C20H23BrClNO3. The minimum absolute atomic E-state index is 0.0935. The van der Waals surface area contributed by atoms with Crippen LogP contribution in [0.4, 0.5) is 5.69 Å². The Balaban J connectivity index is 1.38. The predicted molar refractivity (Wildman–Crippen MR) is 105 cm³/mol. The first-order valence-electron chi connectivity index (χ1n) is 9.20. The van der Waals surface area contributed by atoms with Crippen LogP contribution >= 0.6 is 27.5 Å². The molecule has 5 rings (SSSR count). The van der Waals surface area contributed by atoms with Gasteiger partial charge in [-0.3, -0.25) is 9.59 Å².